The van der Waals surface area contributed by atoms with Crippen molar-refractivity contribution >= 4 is 31.6 Å². The zero-order valence-electron chi connectivity index (χ0n) is 16.5. The van der Waals surface area contributed by atoms with Crippen LogP contribution < -0.4 is 4.72 Å². The van der Waals surface area contributed by atoms with E-state index in [0.29, 0.717) is 4.90 Å². The average molecular weight is 405 g/mol. The summed E-state index contributed by atoms with van der Waals surface area (Å²) in [5.41, 5.74) is 1.11. The molecule has 0 saturated heterocycles. The molecule has 1 atom stereocenters. The third-order valence-electron chi connectivity index (χ3n) is 5.31. The minimum atomic E-state index is -3.65. The molecule has 0 aliphatic heterocycles. The summed E-state index contributed by atoms with van der Waals surface area (Å²) in [6.45, 7) is 0.284. The van der Waals surface area contributed by atoms with E-state index in [2.05, 4.69) is 29.0 Å². The van der Waals surface area contributed by atoms with E-state index in [-0.39, 0.29) is 12.6 Å². The number of nitrogens with one attached hydrogen (secondary N) is 1. The van der Waals surface area contributed by atoms with Crippen LogP contribution in [0.25, 0.3) is 21.5 Å². The molecule has 4 aromatic carbocycles. The first-order valence-corrected chi connectivity index (χ1v) is 11.1. The third kappa shape index (κ3) is 3.90. The molecule has 4 rings (SSSR count). The van der Waals surface area contributed by atoms with Crippen molar-refractivity contribution in [3.05, 3.63) is 90.5 Å². The summed E-state index contributed by atoms with van der Waals surface area (Å²) in [7, 11) is 0.288. The molecule has 0 heterocycles. The van der Waals surface area contributed by atoms with Crippen molar-refractivity contribution < 1.29 is 8.42 Å². The van der Waals surface area contributed by atoms with Crippen molar-refractivity contribution in [3.8, 4) is 0 Å². The summed E-state index contributed by atoms with van der Waals surface area (Å²) in [6.07, 6.45) is 0. The van der Waals surface area contributed by atoms with E-state index < -0.39 is 10.0 Å². The number of hydrogen-bond donors (Lipinski definition) is 1. The first-order chi connectivity index (χ1) is 14.0. The Morgan fingerprint density at radius 2 is 1.31 bits per heavy atom. The lowest BCUT2D eigenvalue weighted by Crippen LogP contribution is -2.34. The van der Waals surface area contributed by atoms with Gasteiger partial charge in [0.05, 0.1) is 4.90 Å². The van der Waals surface area contributed by atoms with E-state index in [9.17, 15) is 8.42 Å². The fourth-order valence-electron chi connectivity index (χ4n) is 3.81. The fourth-order valence-corrected chi connectivity index (χ4v) is 5.07. The molecule has 0 radical (unpaired) electrons. The highest BCUT2D eigenvalue weighted by molar-refractivity contribution is 7.89. The van der Waals surface area contributed by atoms with Crippen LogP contribution in [0.1, 0.15) is 11.6 Å². The van der Waals surface area contributed by atoms with E-state index >= 15 is 0 Å². The summed E-state index contributed by atoms with van der Waals surface area (Å²) < 4.78 is 29.1. The third-order valence-corrected chi connectivity index (χ3v) is 6.79. The molecule has 29 heavy (non-hydrogen) atoms. The Labute approximate surface area is 171 Å². The van der Waals surface area contributed by atoms with Crippen LogP contribution in [-0.2, 0) is 10.0 Å². The summed E-state index contributed by atoms with van der Waals surface area (Å²) in [6, 6.07) is 27.2. The first-order valence-electron chi connectivity index (χ1n) is 9.59. The quantitative estimate of drug-likeness (QED) is 0.512. The van der Waals surface area contributed by atoms with Gasteiger partial charge in [-0.1, -0.05) is 78.9 Å². The van der Waals surface area contributed by atoms with Gasteiger partial charge in [-0.3, -0.25) is 0 Å². The number of sulfonamides is 1. The molecule has 0 aliphatic rings. The molecule has 0 amide bonds. The largest absolute Gasteiger partial charge is 0.301 e. The van der Waals surface area contributed by atoms with Crippen LogP contribution >= 0.6 is 0 Å². The Bertz CT molecular complexity index is 1260. The molecule has 148 valence electrons. The molecule has 4 aromatic rings. The Morgan fingerprint density at radius 3 is 2.00 bits per heavy atom. The molecule has 1 N–H and O–H groups in total. The standard InChI is InChI=1S/C24H24N2O2S/c1-26(2)23(22-15-7-11-18-9-3-5-13-20(18)22)17-25-29(27,28)24-16-8-12-19-10-4-6-14-21(19)24/h3-16,23,25H,17H2,1-2H3/t23-/m0/s1. The van der Waals surface area contributed by atoms with Crippen molar-refractivity contribution in [1.82, 2.24) is 9.62 Å². The molecule has 0 saturated carbocycles. The van der Waals surface area contributed by atoms with E-state index in [1.807, 2.05) is 67.5 Å². The van der Waals surface area contributed by atoms with Gasteiger partial charge in [0, 0.05) is 18.0 Å². The second-order valence-electron chi connectivity index (χ2n) is 7.38. The van der Waals surface area contributed by atoms with Gasteiger partial charge in [-0.05, 0) is 41.9 Å². The van der Waals surface area contributed by atoms with Gasteiger partial charge in [0.2, 0.25) is 10.0 Å². The van der Waals surface area contributed by atoms with Gasteiger partial charge in [-0.15, -0.1) is 0 Å². The maximum Gasteiger partial charge on any atom is 0.241 e. The number of benzene rings is 4. The molecular weight excluding hydrogens is 380 g/mol. The van der Waals surface area contributed by atoms with Crippen LogP contribution in [0.4, 0.5) is 0 Å². The van der Waals surface area contributed by atoms with Crippen LogP contribution in [0, 0.1) is 0 Å². The van der Waals surface area contributed by atoms with Crippen molar-refractivity contribution in [2.45, 2.75) is 10.9 Å². The van der Waals surface area contributed by atoms with Gasteiger partial charge in [0.25, 0.3) is 0 Å². The minimum Gasteiger partial charge on any atom is -0.301 e. The van der Waals surface area contributed by atoms with Gasteiger partial charge >= 0.3 is 0 Å². The summed E-state index contributed by atoms with van der Waals surface area (Å²) in [5, 5.41) is 3.93. The number of rotatable bonds is 6. The lowest BCUT2D eigenvalue weighted by atomic mass is 9.98. The lowest BCUT2D eigenvalue weighted by Gasteiger charge is -2.26. The highest BCUT2D eigenvalue weighted by atomic mass is 32.2. The maximum atomic E-state index is 13.1. The molecule has 5 heteroatoms. The van der Waals surface area contributed by atoms with E-state index in [0.717, 1.165) is 27.1 Å². The lowest BCUT2D eigenvalue weighted by molar-refractivity contribution is 0.301. The SMILES string of the molecule is CN(C)[C@@H](CNS(=O)(=O)c1cccc2ccccc12)c1cccc2ccccc12. The topological polar surface area (TPSA) is 49.4 Å². The predicted octanol–water partition coefficient (Wildman–Crippen LogP) is 4.57. The smallest absolute Gasteiger partial charge is 0.241 e. The Kier molecular flexibility index (Phi) is 5.37. The minimum absolute atomic E-state index is 0.0918. The zero-order chi connectivity index (χ0) is 20.4. The molecule has 0 fully saturated rings. The number of hydrogen-bond acceptors (Lipinski definition) is 3. The van der Waals surface area contributed by atoms with Gasteiger partial charge in [0.15, 0.2) is 0 Å². The summed E-state index contributed by atoms with van der Waals surface area (Å²) in [4.78, 5) is 2.36. The van der Waals surface area contributed by atoms with Crippen LogP contribution in [0.15, 0.2) is 89.8 Å². The van der Waals surface area contributed by atoms with Gasteiger partial charge < -0.3 is 4.90 Å². The maximum absolute atomic E-state index is 13.1. The van der Waals surface area contributed by atoms with Crippen LogP contribution in [-0.4, -0.2) is 34.0 Å². The highest BCUT2D eigenvalue weighted by Gasteiger charge is 2.22. The number of likely N-dealkylation sites (N-methyl/N-ethyl adjacent to an activating group) is 1. The molecule has 0 spiro atoms. The molecule has 4 nitrogen and oxygen atoms in total. The predicted molar refractivity (Wildman–Crippen MR) is 120 cm³/mol. The van der Waals surface area contributed by atoms with Crippen molar-refractivity contribution in [2.75, 3.05) is 20.6 Å². The van der Waals surface area contributed by atoms with Crippen LogP contribution in [0.3, 0.4) is 0 Å². The van der Waals surface area contributed by atoms with Gasteiger partial charge in [-0.25, -0.2) is 13.1 Å². The van der Waals surface area contributed by atoms with Crippen LogP contribution in [0.2, 0.25) is 0 Å². The monoisotopic (exact) mass is 404 g/mol. The van der Waals surface area contributed by atoms with Gasteiger partial charge in [0.1, 0.15) is 0 Å². The molecule has 0 bridgehead atoms. The Balaban J connectivity index is 1.68. The second-order valence-corrected chi connectivity index (χ2v) is 9.11. The van der Waals surface area contributed by atoms with Crippen molar-refractivity contribution in [3.63, 3.8) is 0 Å². The highest BCUT2D eigenvalue weighted by Crippen LogP contribution is 2.28. The fraction of sp³-hybridized carbons (Fsp3) is 0.167. The van der Waals surface area contributed by atoms with Crippen molar-refractivity contribution in [2.24, 2.45) is 0 Å². The average Bonchev–Trinajstić information content (AvgIpc) is 2.73. The summed E-state index contributed by atoms with van der Waals surface area (Å²) >= 11 is 0. The van der Waals surface area contributed by atoms with E-state index in [1.165, 1.54) is 0 Å². The zero-order valence-corrected chi connectivity index (χ0v) is 17.4. The Morgan fingerprint density at radius 1 is 0.759 bits per heavy atom. The van der Waals surface area contributed by atoms with E-state index in [1.54, 1.807) is 12.1 Å². The molecule has 0 aliphatic carbocycles. The number of fused-ring (bicyclic) bond motifs is 2. The van der Waals surface area contributed by atoms with Crippen LogP contribution in [0.5, 0.6) is 0 Å². The summed E-state index contributed by atoms with van der Waals surface area (Å²) in [5.74, 6) is 0. The second kappa shape index (κ2) is 7.95. The molecule has 0 aromatic heterocycles. The number of nitrogens with zero attached hydrogens (tertiary/aromatic N) is 1. The Hall–Kier alpha value is -2.73. The molecular formula is C24H24N2O2S. The normalized spacial score (nSPS) is 13.2. The van der Waals surface area contributed by atoms with E-state index in [4.69, 9.17) is 0 Å². The van der Waals surface area contributed by atoms with Gasteiger partial charge in [-0.2, -0.15) is 0 Å². The van der Waals surface area contributed by atoms with Crippen molar-refractivity contribution in [1.29, 1.82) is 0 Å². The first kappa shape index (κ1) is 19.6. The molecule has 0 unspecified atom stereocenters.